The number of hydrogen-bond donors (Lipinski definition) is 2. The van der Waals surface area contributed by atoms with Crippen molar-refractivity contribution < 1.29 is 19.7 Å². The van der Waals surface area contributed by atoms with Crippen LogP contribution in [-0.2, 0) is 9.47 Å². The van der Waals surface area contributed by atoms with E-state index < -0.39 is 26.6 Å². The normalized spacial score (nSPS) is 42.7. The summed E-state index contributed by atoms with van der Waals surface area (Å²) in [7, 11) is -1.47. The molecule has 0 spiro atoms. The minimum absolute atomic E-state index is 0.202. The van der Waals surface area contributed by atoms with Gasteiger partial charge in [-0.15, -0.1) is 11.5 Å². The number of ether oxygens (including phenoxy) is 2. The van der Waals surface area contributed by atoms with E-state index in [1.54, 1.807) is 0 Å². The molecule has 90 valence electrons. The second-order valence-corrected chi connectivity index (χ2v) is 10.2. The highest BCUT2D eigenvalue weighted by molar-refractivity contribution is 6.83. The molecular weight excluding hydrogens is 224 g/mol. The second kappa shape index (κ2) is 4.13. The fraction of sp³-hybridized carbons (Fsp3) is 0.818. The topological polar surface area (TPSA) is 58.9 Å². The van der Waals surface area contributed by atoms with E-state index >= 15 is 0 Å². The molecule has 2 rings (SSSR count). The molecule has 2 aliphatic heterocycles. The van der Waals surface area contributed by atoms with Crippen LogP contribution in [0.4, 0.5) is 0 Å². The van der Waals surface area contributed by atoms with Crippen molar-refractivity contribution in [1.82, 2.24) is 0 Å². The fourth-order valence-electron chi connectivity index (χ4n) is 1.88. The van der Waals surface area contributed by atoms with Gasteiger partial charge in [0.1, 0.15) is 26.4 Å². The predicted molar refractivity (Wildman–Crippen MR) is 61.2 cm³/mol. The van der Waals surface area contributed by atoms with Gasteiger partial charge in [0.05, 0.1) is 12.5 Å². The van der Waals surface area contributed by atoms with E-state index in [1.807, 2.05) is 0 Å². The Labute approximate surface area is 96.6 Å². The summed E-state index contributed by atoms with van der Waals surface area (Å²) in [4.78, 5) is 0. The van der Waals surface area contributed by atoms with E-state index in [9.17, 15) is 10.2 Å². The van der Waals surface area contributed by atoms with E-state index in [0.717, 1.165) is 0 Å². The molecule has 2 heterocycles. The summed E-state index contributed by atoms with van der Waals surface area (Å²) < 4.78 is 10.7. The smallest absolute Gasteiger partial charge is 0.186 e. The Morgan fingerprint density at radius 3 is 2.50 bits per heavy atom. The van der Waals surface area contributed by atoms with Crippen LogP contribution in [0.25, 0.3) is 0 Å². The van der Waals surface area contributed by atoms with Crippen molar-refractivity contribution in [2.45, 2.75) is 44.2 Å². The van der Waals surface area contributed by atoms with E-state index in [0.29, 0.717) is 6.61 Å². The zero-order chi connectivity index (χ0) is 11.9. The number of fused-ring (bicyclic) bond motifs is 2. The molecule has 2 N–H and O–H groups in total. The molecule has 0 radical (unpaired) electrons. The molecule has 2 fully saturated rings. The first-order valence-electron chi connectivity index (χ1n) is 5.54. The first-order valence-corrected chi connectivity index (χ1v) is 9.04. The van der Waals surface area contributed by atoms with E-state index in [1.165, 1.54) is 0 Å². The molecule has 0 amide bonds. The number of aliphatic hydroxyl groups is 2. The molecule has 16 heavy (non-hydrogen) atoms. The summed E-state index contributed by atoms with van der Waals surface area (Å²) in [6, 6.07) is 0. The van der Waals surface area contributed by atoms with Crippen molar-refractivity contribution in [1.29, 1.82) is 0 Å². The molecule has 0 aromatic heterocycles. The van der Waals surface area contributed by atoms with E-state index in [2.05, 4.69) is 31.1 Å². The number of rotatable bonds is 0. The Bertz CT molecular complexity index is 327. The van der Waals surface area contributed by atoms with Gasteiger partial charge in [-0.25, -0.2) is 0 Å². The van der Waals surface area contributed by atoms with Crippen molar-refractivity contribution >= 4 is 8.07 Å². The van der Waals surface area contributed by atoms with Gasteiger partial charge in [0.25, 0.3) is 0 Å². The summed E-state index contributed by atoms with van der Waals surface area (Å²) in [6.07, 6.45) is -2.73. The molecule has 0 aromatic rings. The van der Waals surface area contributed by atoms with Gasteiger partial charge in [0, 0.05) is 0 Å². The van der Waals surface area contributed by atoms with Crippen LogP contribution in [0.2, 0.25) is 19.6 Å². The third kappa shape index (κ3) is 2.31. The van der Waals surface area contributed by atoms with Crippen LogP contribution < -0.4 is 0 Å². The van der Waals surface area contributed by atoms with Crippen molar-refractivity contribution in [3.63, 3.8) is 0 Å². The maximum Gasteiger partial charge on any atom is 0.186 e. The number of aliphatic hydroxyl groups excluding tert-OH is 2. The van der Waals surface area contributed by atoms with Gasteiger partial charge in [0.15, 0.2) is 6.29 Å². The lowest BCUT2D eigenvalue weighted by Gasteiger charge is -2.33. The van der Waals surface area contributed by atoms with Gasteiger partial charge in [-0.2, -0.15) is 0 Å². The van der Waals surface area contributed by atoms with Crippen LogP contribution in [-0.4, -0.2) is 49.5 Å². The van der Waals surface area contributed by atoms with Crippen LogP contribution in [0.1, 0.15) is 0 Å². The molecule has 4 nitrogen and oxygen atoms in total. The third-order valence-electron chi connectivity index (χ3n) is 2.74. The van der Waals surface area contributed by atoms with Gasteiger partial charge in [-0.05, 0) is 0 Å². The fourth-order valence-corrected chi connectivity index (χ4v) is 2.48. The van der Waals surface area contributed by atoms with Crippen molar-refractivity contribution in [2.24, 2.45) is 5.92 Å². The first kappa shape index (κ1) is 12.1. The molecule has 0 saturated carbocycles. The maximum absolute atomic E-state index is 9.92. The zero-order valence-electron chi connectivity index (χ0n) is 9.80. The summed E-state index contributed by atoms with van der Waals surface area (Å²) in [6.45, 7) is 6.82. The molecule has 0 unspecified atom stereocenters. The molecule has 5 heteroatoms. The Balaban J connectivity index is 2.16. The molecule has 0 aliphatic carbocycles. The Hall–Kier alpha value is -0.383. The predicted octanol–water partition coefficient (Wildman–Crippen LogP) is -0.0397. The molecule has 2 saturated heterocycles. The molecule has 5 atom stereocenters. The van der Waals surface area contributed by atoms with Crippen LogP contribution >= 0.6 is 0 Å². The van der Waals surface area contributed by atoms with Gasteiger partial charge < -0.3 is 19.7 Å². The van der Waals surface area contributed by atoms with Gasteiger partial charge in [-0.3, -0.25) is 0 Å². The minimum Gasteiger partial charge on any atom is -0.389 e. The zero-order valence-corrected chi connectivity index (χ0v) is 10.8. The average Bonchev–Trinajstić information content (AvgIpc) is 2.59. The number of hydrogen-bond acceptors (Lipinski definition) is 4. The molecule has 2 aliphatic rings. The van der Waals surface area contributed by atoms with E-state index in [4.69, 9.17) is 9.47 Å². The summed E-state index contributed by atoms with van der Waals surface area (Å²) in [5, 5.41) is 19.6. The summed E-state index contributed by atoms with van der Waals surface area (Å²) in [5.41, 5.74) is 3.21. The van der Waals surface area contributed by atoms with Crippen LogP contribution in [0, 0.1) is 17.4 Å². The third-order valence-corrected chi connectivity index (χ3v) is 3.64. The highest BCUT2D eigenvalue weighted by atomic mass is 28.3. The van der Waals surface area contributed by atoms with Gasteiger partial charge in [0.2, 0.25) is 0 Å². The highest BCUT2D eigenvalue weighted by Crippen LogP contribution is 2.32. The Morgan fingerprint density at radius 2 is 1.88 bits per heavy atom. The van der Waals surface area contributed by atoms with Crippen LogP contribution in [0.15, 0.2) is 0 Å². The van der Waals surface area contributed by atoms with Crippen molar-refractivity contribution in [2.75, 3.05) is 6.61 Å². The average molecular weight is 242 g/mol. The summed E-state index contributed by atoms with van der Waals surface area (Å²) >= 11 is 0. The molecule has 0 aromatic carbocycles. The Kier molecular flexibility index (Phi) is 3.12. The lowest BCUT2D eigenvalue weighted by Crippen LogP contribution is -2.50. The standard InChI is InChI=1S/C11H18O4Si/c1-16(2,3)5-4-7-8-6-14-11(15-8)10(13)9(7)12/h7-13H,6H2,1-3H3/t7-,8-,9+,10-,11-/m1/s1. The first-order chi connectivity index (χ1) is 7.38. The quantitative estimate of drug-likeness (QED) is 0.462. The SMILES string of the molecule is C[Si](C)(C)C#C[C@H]1[C@H](O)[C@@H](O)[C@@H]2OC[C@H]1O2. The van der Waals surface area contributed by atoms with Crippen molar-refractivity contribution in [3.05, 3.63) is 0 Å². The van der Waals surface area contributed by atoms with E-state index in [-0.39, 0.29) is 12.0 Å². The molecular formula is C11H18O4Si. The van der Waals surface area contributed by atoms with Crippen LogP contribution in [0.5, 0.6) is 0 Å². The van der Waals surface area contributed by atoms with Gasteiger partial charge >= 0.3 is 0 Å². The van der Waals surface area contributed by atoms with Crippen molar-refractivity contribution in [3.8, 4) is 11.5 Å². The summed E-state index contributed by atoms with van der Waals surface area (Å²) in [5.74, 6) is 2.73. The lowest BCUT2D eigenvalue weighted by molar-refractivity contribution is -0.204. The monoisotopic (exact) mass is 242 g/mol. The maximum atomic E-state index is 9.92. The van der Waals surface area contributed by atoms with Gasteiger partial charge in [-0.1, -0.05) is 19.6 Å². The Morgan fingerprint density at radius 1 is 1.19 bits per heavy atom. The largest absolute Gasteiger partial charge is 0.389 e. The highest BCUT2D eigenvalue weighted by Gasteiger charge is 2.48. The molecule has 2 bridgehead atoms. The minimum atomic E-state index is -1.47. The van der Waals surface area contributed by atoms with Crippen LogP contribution in [0.3, 0.4) is 0 Å². The second-order valence-electron chi connectivity index (χ2n) is 5.40. The lowest BCUT2D eigenvalue weighted by atomic mass is 9.91.